The number of nitrogens with one attached hydrogen (secondary N) is 2. The van der Waals surface area contributed by atoms with Crippen molar-refractivity contribution in [2.24, 2.45) is 0 Å². The quantitative estimate of drug-likeness (QED) is 0.772. The molecule has 2 N–H and O–H groups in total. The summed E-state index contributed by atoms with van der Waals surface area (Å²) in [6.07, 6.45) is 0. The lowest BCUT2D eigenvalue weighted by molar-refractivity contribution is -0.139. The Labute approximate surface area is 151 Å². The van der Waals surface area contributed by atoms with Crippen LogP contribution in [0.2, 0.25) is 0 Å². The molecule has 1 aromatic rings. The van der Waals surface area contributed by atoms with Crippen molar-refractivity contribution in [3.8, 4) is 0 Å². The number of morpholine rings is 1. The molecule has 8 heteroatoms. The molecule has 2 aliphatic heterocycles. The van der Waals surface area contributed by atoms with Gasteiger partial charge in [0.2, 0.25) is 0 Å². The van der Waals surface area contributed by atoms with Crippen LogP contribution < -0.4 is 10.6 Å². The van der Waals surface area contributed by atoms with Crippen LogP contribution in [0.4, 0.5) is 9.18 Å². The lowest BCUT2D eigenvalue weighted by Crippen LogP contribution is -2.49. The molecule has 1 aromatic carbocycles. The number of nitrogens with zero attached hydrogens (tertiary/aromatic N) is 1. The van der Waals surface area contributed by atoms with E-state index in [2.05, 4.69) is 15.5 Å². The van der Waals surface area contributed by atoms with Gasteiger partial charge in [-0.15, -0.1) is 0 Å². The summed E-state index contributed by atoms with van der Waals surface area (Å²) < 4.78 is 24.2. The van der Waals surface area contributed by atoms with Crippen LogP contribution in [-0.2, 0) is 14.3 Å². The van der Waals surface area contributed by atoms with Gasteiger partial charge in [-0.3, -0.25) is 4.90 Å². The molecule has 1 atom stereocenters. The summed E-state index contributed by atoms with van der Waals surface area (Å²) in [5, 5.41) is 5.42. The number of halogens is 1. The Morgan fingerprint density at radius 1 is 1.38 bits per heavy atom. The number of urea groups is 1. The molecule has 0 radical (unpaired) electrons. The topological polar surface area (TPSA) is 79.9 Å². The van der Waals surface area contributed by atoms with Crippen LogP contribution in [0.25, 0.3) is 0 Å². The number of ether oxygens (including phenoxy) is 2. The summed E-state index contributed by atoms with van der Waals surface area (Å²) in [5.74, 6) is -0.967. The Morgan fingerprint density at radius 3 is 2.85 bits per heavy atom. The minimum absolute atomic E-state index is 0.205. The van der Waals surface area contributed by atoms with Crippen LogP contribution in [0, 0.1) is 5.82 Å². The fourth-order valence-corrected chi connectivity index (χ4v) is 3.11. The molecule has 0 aromatic heterocycles. The fourth-order valence-electron chi connectivity index (χ4n) is 3.11. The number of carbonyl (C=O) groups excluding carboxylic acids is 2. The Bertz CT molecular complexity index is 716. The summed E-state index contributed by atoms with van der Waals surface area (Å²) in [6.45, 7) is 4.91. The highest BCUT2D eigenvalue weighted by atomic mass is 19.1. The highest BCUT2D eigenvalue weighted by Crippen LogP contribution is 2.28. The van der Waals surface area contributed by atoms with Gasteiger partial charge in [-0.05, 0) is 24.6 Å². The van der Waals surface area contributed by atoms with E-state index in [0.29, 0.717) is 49.7 Å². The normalized spacial score (nSPS) is 21.2. The van der Waals surface area contributed by atoms with Gasteiger partial charge in [-0.1, -0.05) is 12.1 Å². The average Bonchev–Trinajstić information content (AvgIpc) is 2.62. The second-order valence-corrected chi connectivity index (χ2v) is 6.09. The third kappa shape index (κ3) is 4.20. The molecule has 0 saturated carbocycles. The van der Waals surface area contributed by atoms with E-state index in [-0.39, 0.29) is 6.61 Å². The molecule has 1 fully saturated rings. The lowest BCUT2D eigenvalue weighted by Gasteiger charge is -2.33. The van der Waals surface area contributed by atoms with E-state index in [0.717, 1.165) is 0 Å². The van der Waals surface area contributed by atoms with Gasteiger partial charge in [0.1, 0.15) is 5.82 Å². The van der Waals surface area contributed by atoms with Crippen molar-refractivity contribution in [1.29, 1.82) is 0 Å². The van der Waals surface area contributed by atoms with Gasteiger partial charge in [0, 0.05) is 25.3 Å². The van der Waals surface area contributed by atoms with Crippen LogP contribution >= 0.6 is 0 Å². The molecule has 0 spiro atoms. The molecule has 0 bridgehead atoms. The second kappa shape index (κ2) is 8.29. The zero-order chi connectivity index (χ0) is 18.5. The summed E-state index contributed by atoms with van der Waals surface area (Å²) in [5.41, 5.74) is 1.26. The van der Waals surface area contributed by atoms with Crippen molar-refractivity contribution in [2.45, 2.75) is 13.0 Å². The molecule has 2 aliphatic rings. The Balaban J connectivity index is 1.98. The van der Waals surface area contributed by atoms with Crippen LogP contribution in [-0.4, -0.2) is 56.4 Å². The van der Waals surface area contributed by atoms with Gasteiger partial charge < -0.3 is 20.1 Å². The molecule has 2 amide bonds. The van der Waals surface area contributed by atoms with Crippen molar-refractivity contribution in [3.63, 3.8) is 0 Å². The zero-order valence-electron chi connectivity index (χ0n) is 14.6. The van der Waals surface area contributed by atoms with E-state index < -0.39 is 23.9 Å². The molecule has 140 valence electrons. The highest BCUT2D eigenvalue weighted by Gasteiger charge is 2.34. The average molecular weight is 363 g/mol. The van der Waals surface area contributed by atoms with E-state index in [1.165, 1.54) is 12.1 Å². The number of esters is 1. The van der Waals surface area contributed by atoms with E-state index in [4.69, 9.17) is 9.47 Å². The minimum atomic E-state index is -0.769. The first-order chi connectivity index (χ1) is 12.6. The molecule has 2 heterocycles. The van der Waals surface area contributed by atoms with Crippen molar-refractivity contribution >= 4 is 12.0 Å². The second-order valence-electron chi connectivity index (χ2n) is 6.09. The van der Waals surface area contributed by atoms with E-state index in [1.807, 2.05) is 0 Å². The number of rotatable bonds is 5. The Hall–Kier alpha value is -2.45. The number of carbonyl (C=O) groups is 2. The number of amides is 2. The predicted molar refractivity (Wildman–Crippen MR) is 91.7 cm³/mol. The third-order valence-electron chi connectivity index (χ3n) is 4.32. The molecule has 0 aliphatic carbocycles. The lowest BCUT2D eigenvalue weighted by atomic mass is 9.95. The number of benzene rings is 1. The maximum Gasteiger partial charge on any atom is 0.338 e. The molecule has 3 rings (SSSR count). The van der Waals surface area contributed by atoms with Crippen LogP contribution in [0.5, 0.6) is 0 Å². The van der Waals surface area contributed by atoms with Gasteiger partial charge in [0.15, 0.2) is 0 Å². The number of hydrogen-bond acceptors (Lipinski definition) is 5. The van der Waals surface area contributed by atoms with E-state index >= 15 is 0 Å². The first kappa shape index (κ1) is 18.3. The largest absolute Gasteiger partial charge is 0.463 e. The number of hydrogen-bond donors (Lipinski definition) is 2. The summed E-state index contributed by atoms with van der Waals surface area (Å²) in [7, 11) is 0. The van der Waals surface area contributed by atoms with Crippen molar-refractivity contribution in [3.05, 3.63) is 46.9 Å². The molecule has 7 nitrogen and oxygen atoms in total. The van der Waals surface area contributed by atoms with Crippen LogP contribution in [0.3, 0.4) is 0 Å². The van der Waals surface area contributed by atoms with Crippen LogP contribution in [0.15, 0.2) is 35.5 Å². The fraction of sp³-hybridized carbons (Fsp3) is 0.444. The van der Waals surface area contributed by atoms with Gasteiger partial charge in [0.25, 0.3) is 0 Å². The van der Waals surface area contributed by atoms with Gasteiger partial charge in [0.05, 0.1) is 31.4 Å². The minimum Gasteiger partial charge on any atom is -0.463 e. The van der Waals surface area contributed by atoms with E-state index in [9.17, 15) is 14.0 Å². The maximum absolute atomic E-state index is 13.7. The third-order valence-corrected chi connectivity index (χ3v) is 4.32. The SMILES string of the molecule is CCOC(=O)C1=C(CN2CCOCC2)NC(=O)N[C@H]1c1cccc(F)c1. The molecular formula is C18H22FN3O4. The van der Waals surface area contributed by atoms with Gasteiger partial charge in [-0.2, -0.15) is 0 Å². The molecule has 0 unspecified atom stereocenters. The standard InChI is InChI=1S/C18H22FN3O4/c1-2-26-17(23)15-14(11-22-6-8-25-9-7-22)20-18(24)21-16(15)12-4-3-5-13(19)10-12/h3-5,10,16H,2,6-9,11H2,1H3,(H2,20,21,24)/t16-/m0/s1. The Morgan fingerprint density at radius 2 is 2.15 bits per heavy atom. The zero-order valence-corrected chi connectivity index (χ0v) is 14.6. The maximum atomic E-state index is 13.7. The molecule has 1 saturated heterocycles. The monoisotopic (exact) mass is 363 g/mol. The summed E-state index contributed by atoms with van der Waals surface area (Å²) >= 11 is 0. The van der Waals surface area contributed by atoms with Crippen molar-refractivity contribution < 1.29 is 23.5 Å². The predicted octanol–water partition coefficient (Wildman–Crippen LogP) is 1.33. The highest BCUT2D eigenvalue weighted by molar-refractivity contribution is 5.95. The first-order valence-corrected chi connectivity index (χ1v) is 8.61. The van der Waals surface area contributed by atoms with Crippen molar-refractivity contribution in [2.75, 3.05) is 39.5 Å². The summed E-state index contributed by atoms with van der Waals surface area (Å²) in [6, 6.07) is 4.63. The molecular weight excluding hydrogens is 341 g/mol. The van der Waals surface area contributed by atoms with E-state index in [1.54, 1.807) is 19.1 Å². The van der Waals surface area contributed by atoms with Crippen LogP contribution in [0.1, 0.15) is 18.5 Å². The van der Waals surface area contributed by atoms with Gasteiger partial charge >= 0.3 is 12.0 Å². The van der Waals surface area contributed by atoms with Crippen molar-refractivity contribution in [1.82, 2.24) is 15.5 Å². The summed E-state index contributed by atoms with van der Waals surface area (Å²) in [4.78, 5) is 26.9. The molecule has 26 heavy (non-hydrogen) atoms. The smallest absolute Gasteiger partial charge is 0.338 e. The Kier molecular flexibility index (Phi) is 5.85. The van der Waals surface area contributed by atoms with Gasteiger partial charge in [-0.25, -0.2) is 14.0 Å². The first-order valence-electron chi connectivity index (χ1n) is 8.61.